The maximum absolute atomic E-state index is 12.7. The van der Waals surface area contributed by atoms with Crippen molar-refractivity contribution in [2.75, 3.05) is 6.54 Å². The number of rotatable bonds is 41. The van der Waals surface area contributed by atoms with Crippen molar-refractivity contribution in [1.29, 1.82) is 0 Å². The topological polar surface area (TPSA) is 92.7 Å². The number of ether oxygens (including phenoxy) is 1. The van der Waals surface area contributed by atoms with Crippen molar-refractivity contribution >= 4 is 17.8 Å². The molecule has 0 radical (unpaired) electrons. The molecular weight excluding hydrogens is 634 g/mol. The van der Waals surface area contributed by atoms with Gasteiger partial charge in [0.15, 0.2) is 0 Å². The van der Waals surface area contributed by atoms with Crippen molar-refractivity contribution in [3.05, 3.63) is 12.2 Å². The van der Waals surface area contributed by atoms with Crippen molar-refractivity contribution in [2.24, 2.45) is 0 Å². The molecule has 0 saturated carbocycles. The third-order valence-electron chi connectivity index (χ3n) is 10.2. The van der Waals surface area contributed by atoms with E-state index in [1.54, 1.807) is 0 Å². The van der Waals surface area contributed by atoms with E-state index in [-0.39, 0.29) is 24.5 Å². The number of carbonyl (C=O) groups excluding carboxylic acids is 2. The van der Waals surface area contributed by atoms with Gasteiger partial charge < -0.3 is 15.2 Å². The number of carboxylic acids is 1. The molecule has 6 nitrogen and oxygen atoms in total. The van der Waals surface area contributed by atoms with Crippen LogP contribution in [0.3, 0.4) is 0 Å². The highest BCUT2D eigenvalue weighted by Crippen LogP contribution is 2.19. The molecule has 0 spiro atoms. The molecular formula is C45H85NO5. The second-order valence-corrected chi connectivity index (χ2v) is 15.3. The molecule has 0 aliphatic carbocycles. The molecule has 51 heavy (non-hydrogen) atoms. The van der Waals surface area contributed by atoms with E-state index in [2.05, 4.69) is 31.3 Å². The van der Waals surface area contributed by atoms with Crippen molar-refractivity contribution < 1.29 is 24.2 Å². The number of carboxylic acid groups (broad SMARTS) is 1. The summed E-state index contributed by atoms with van der Waals surface area (Å²) in [6.07, 6.45) is 47.7. The van der Waals surface area contributed by atoms with E-state index < -0.39 is 5.97 Å². The van der Waals surface area contributed by atoms with Gasteiger partial charge in [0.05, 0.1) is 0 Å². The summed E-state index contributed by atoms with van der Waals surface area (Å²) in [6, 6.07) is 0. The lowest BCUT2D eigenvalue weighted by Crippen LogP contribution is -2.28. The first kappa shape index (κ1) is 49.1. The van der Waals surface area contributed by atoms with Crippen molar-refractivity contribution in [3.63, 3.8) is 0 Å². The fourth-order valence-electron chi connectivity index (χ4n) is 6.86. The average Bonchev–Trinajstić information content (AvgIpc) is 3.11. The average molecular weight is 720 g/mol. The zero-order chi connectivity index (χ0) is 37.3. The third kappa shape index (κ3) is 40.8. The Morgan fingerprint density at radius 3 is 1.25 bits per heavy atom. The summed E-state index contributed by atoms with van der Waals surface area (Å²) in [7, 11) is 0. The standard InChI is InChI=1S/C45H85NO5/c1-3-5-7-9-11-13-15-16-17-18-19-20-21-22-23-25-27-32-36-40-45(50)51-42(37-33-29-26-24-14-12-10-8-6-4-2)38-34-30-28-31-35-39-43(47)46-41-44(48)49/h16-17,42H,3-15,18-41H2,1-2H3,(H,46,47)(H,48,49)/b17-16-. The number of esters is 1. The van der Waals surface area contributed by atoms with Gasteiger partial charge in [-0.1, -0.05) is 180 Å². The number of allylic oxidation sites excluding steroid dienone is 2. The van der Waals surface area contributed by atoms with Gasteiger partial charge in [-0.2, -0.15) is 0 Å². The number of carbonyl (C=O) groups is 3. The van der Waals surface area contributed by atoms with Crippen LogP contribution in [0.2, 0.25) is 0 Å². The highest BCUT2D eigenvalue weighted by atomic mass is 16.5. The number of unbranched alkanes of at least 4 members (excludes halogenated alkanes) is 28. The van der Waals surface area contributed by atoms with Crippen LogP contribution in [-0.4, -0.2) is 35.6 Å². The normalized spacial score (nSPS) is 12.0. The van der Waals surface area contributed by atoms with Gasteiger partial charge in [-0.25, -0.2) is 0 Å². The van der Waals surface area contributed by atoms with Crippen LogP contribution in [0, 0.1) is 0 Å². The highest BCUT2D eigenvalue weighted by Gasteiger charge is 2.14. The van der Waals surface area contributed by atoms with Crippen LogP contribution in [0.5, 0.6) is 0 Å². The van der Waals surface area contributed by atoms with Crippen LogP contribution in [0.25, 0.3) is 0 Å². The lowest BCUT2D eigenvalue weighted by atomic mass is 10.0. The Balaban J connectivity index is 4.03. The van der Waals surface area contributed by atoms with E-state index >= 15 is 0 Å². The molecule has 1 unspecified atom stereocenters. The van der Waals surface area contributed by atoms with Crippen LogP contribution >= 0.6 is 0 Å². The number of amides is 1. The summed E-state index contributed by atoms with van der Waals surface area (Å²) in [5.41, 5.74) is 0. The minimum absolute atomic E-state index is 0.0134. The molecule has 0 aliphatic heterocycles. The Bertz CT molecular complexity index is 797. The van der Waals surface area contributed by atoms with E-state index in [1.165, 1.54) is 154 Å². The second-order valence-electron chi connectivity index (χ2n) is 15.3. The van der Waals surface area contributed by atoms with Gasteiger partial charge in [-0.3, -0.25) is 14.4 Å². The molecule has 0 aliphatic rings. The van der Waals surface area contributed by atoms with Gasteiger partial charge >= 0.3 is 11.9 Å². The minimum atomic E-state index is -1.01. The molecule has 1 atom stereocenters. The highest BCUT2D eigenvalue weighted by molar-refractivity contribution is 5.80. The minimum Gasteiger partial charge on any atom is -0.480 e. The molecule has 0 heterocycles. The smallest absolute Gasteiger partial charge is 0.322 e. The Kier molecular flexibility index (Phi) is 39.4. The van der Waals surface area contributed by atoms with Gasteiger partial charge in [-0.15, -0.1) is 0 Å². The van der Waals surface area contributed by atoms with E-state index in [0.717, 1.165) is 64.2 Å². The van der Waals surface area contributed by atoms with E-state index in [9.17, 15) is 14.4 Å². The second kappa shape index (κ2) is 40.9. The first-order valence-corrected chi connectivity index (χ1v) is 22.3. The Labute approximate surface area is 316 Å². The van der Waals surface area contributed by atoms with Crippen molar-refractivity contribution in [2.45, 2.75) is 251 Å². The number of aliphatic carboxylic acids is 1. The van der Waals surface area contributed by atoms with Gasteiger partial charge in [0.25, 0.3) is 0 Å². The molecule has 0 rings (SSSR count). The Morgan fingerprint density at radius 1 is 0.490 bits per heavy atom. The molecule has 6 heteroatoms. The summed E-state index contributed by atoms with van der Waals surface area (Å²) in [5.74, 6) is -1.22. The van der Waals surface area contributed by atoms with Gasteiger partial charge in [0.2, 0.25) is 5.91 Å². The first-order valence-electron chi connectivity index (χ1n) is 22.3. The predicted molar refractivity (Wildman–Crippen MR) is 217 cm³/mol. The fraction of sp³-hybridized carbons (Fsp3) is 0.889. The van der Waals surface area contributed by atoms with Gasteiger partial charge in [0, 0.05) is 12.8 Å². The lowest BCUT2D eigenvalue weighted by Gasteiger charge is -2.18. The van der Waals surface area contributed by atoms with Crippen molar-refractivity contribution in [1.82, 2.24) is 5.32 Å². The largest absolute Gasteiger partial charge is 0.480 e. The molecule has 0 bridgehead atoms. The SMILES string of the molecule is CCCCCCCC/C=C\CCCCCCCCCCCC(=O)OC(CCCCCCCCCCCC)CCCCCCCC(=O)NCC(=O)O. The van der Waals surface area contributed by atoms with E-state index in [1.807, 2.05) is 0 Å². The third-order valence-corrected chi connectivity index (χ3v) is 10.2. The molecule has 0 aromatic carbocycles. The summed E-state index contributed by atoms with van der Waals surface area (Å²) in [4.78, 5) is 35.0. The quantitative estimate of drug-likeness (QED) is 0.0373. The molecule has 300 valence electrons. The molecule has 1 amide bonds. The fourth-order valence-corrected chi connectivity index (χ4v) is 6.86. The molecule has 0 saturated heterocycles. The van der Waals surface area contributed by atoms with Crippen LogP contribution in [0.15, 0.2) is 12.2 Å². The first-order chi connectivity index (χ1) is 25.0. The Hall–Kier alpha value is -1.85. The van der Waals surface area contributed by atoms with Crippen LogP contribution in [0.4, 0.5) is 0 Å². The van der Waals surface area contributed by atoms with Gasteiger partial charge in [-0.05, 0) is 64.2 Å². The zero-order valence-electron chi connectivity index (χ0n) is 34.0. The molecule has 2 N–H and O–H groups in total. The summed E-state index contributed by atoms with van der Waals surface area (Å²) < 4.78 is 6.03. The predicted octanol–water partition coefficient (Wildman–Crippen LogP) is 13.7. The molecule has 0 aromatic rings. The summed E-state index contributed by atoms with van der Waals surface area (Å²) in [6.45, 7) is 4.23. The zero-order valence-corrected chi connectivity index (χ0v) is 34.0. The monoisotopic (exact) mass is 720 g/mol. The number of nitrogens with one attached hydrogen (secondary N) is 1. The van der Waals surface area contributed by atoms with Crippen molar-refractivity contribution in [3.8, 4) is 0 Å². The van der Waals surface area contributed by atoms with E-state index in [0.29, 0.717) is 12.8 Å². The number of hydrogen-bond donors (Lipinski definition) is 2. The molecule has 0 aromatic heterocycles. The van der Waals surface area contributed by atoms with Crippen LogP contribution < -0.4 is 5.32 Å². The van der Waals surface area contributed by atoms with Gasteiger partial charge in [0.1, 0.15) is 12.6 Å². The Morgan fingerprint density at radius 2 is 0.843 bits per heavy atom. The number of hydrogen-bond acceptors (Lipinski definition) is 4. The maximum atomic E-state index is 12.7. The maximum Gasteiger partial charge on any atom is 0.322 e. The van der Waals surface area contributed by atoms with E-state index in [4.69, 9.17) is 9.84 Å². The van der Waals surface area contributed by atoms with Crippen LogP contribution in [0.1, 0.15) is 245 Å². The van der Waals surface area contributed by atoms with Crippen LogP contribution in [-0.2, 0) is 19.1 Å². The lowest BCUT2D eigenvalue weighted by molar-refractivity contribution is -0.150. The summed E-state index contributed by atoms with van der Waals surface area (Å²) in [5, 5.41) is 11.1. The summed E-state index contributed by atoms with van der Waals surface area (Å²) >= 11 is 0. The molecule has 0 fully saturated rings.